The SMILES string of the molecule is Cc1cc2ncc(C(=O)N3CCN(c4ccccc4C)CC3C)c(=O)n2[nH]1. The molecule has 1 aliphatic heterocycles. The lowest BCUT2D eigenvalue weighted by molar-refractivity contribution is 0.0671. The van der Waals surface area contributed by atoms with E-state index in [2.05, 4.69) is 34.0 Å². The van der Waals surface area contributed by atoms with Crippen LogP contribution in [0.15, 0.2) is 41.3 Å². The molecule has 1 fully saturated rings. The maximum Gasteiger partial charge on any atom is 0.285 e. The quantitative estimate of drug-likeness (QED) is 0.754. The molecule has 1 atom stereocenters. The maximum absolute atomic E-state index is 13.0. The highest BCUT2D eigenvalue weighted by Crippen LogP contribution is 2.23. The Morgan fingerprint density at radius 3 is 2.74 bits per heavy atom. The van der Waals surface area contributed by atoms with E-state index in [1.807, 2.05) is 26.0 Å². The number of anilines is 1. The number of hydrogen-bond acceptors (Lipinski definition) is 4. The summed E-state index contributed by atoms with van der Waals surface area (Å²) < 4.78 is 1.33. The molecule has 3 aromatic rings. The second-order valence-corrected chi connectivity index (χ2v) is 7.19. The number of aromatic nitrogens is 3. The fourth-order valence-corrected chi connectivity index (χ4v) is 3.78. The molecule has 2 aromatic heterocycles. The number of aryl methyl sites for hydroxylation is 2. The van der Waals surface area contributed by atoms with Crippen LogP contribution in [-0.2, 0) is 0 Å². The second kappa shape index (κ2) is 6.57. The fraction of sp³-hybridized carbons (Fsp3) is 0.350. The smallest absolute Gasteiger partial charge is 0.285 e. The number of nitrogens with zero attached hydrogens (tertiary/aromatic N) is 4. The van der Waals surface area contributed by atoms with Gasteiger partial charge in [-0.1, -0.05) is 18.2 Å². The second-order valence-electron chi connectivity index (χ2n) is 7.19. The topological polar surface area (TPSA) is 73.7 Å². The monoisotopic (exact) mass is 365 g/mol. The number of fused-ring (bicyclic) bond motifs is 1. The molecule has 0 bridgehead atoms. The molecule has 0 spiro atoms. The van der Waals surface area contributed by atoms with Crippen molar-refractivity contribution in [3.05, 3.63) is 63.7 Å². The van der Waals surface area contributed by atoms with E-state index in [1.54, 1.807) is 11.0 Å². The molecule has 1 unspecified atom stereocenters. The summed E-state index contributed by atoms with van der Waals surface area (Å²) in [5.74, 6) is -0.258. The molecule has 0 aliphatic carbocycles. The minimum Gasteiger partial charge on any atom is -0.367 e. The number of benzene rings is 1. The Balaban J connectivity index is 1.58. The predicted molar refractivity (Wildman–Crippen MR) is 104 cm³/mol. The molecule has 140 valence electrons. The van der Waals surface area contributed by atoms with E-state index in [4.69, 9.17) is 0 Å². The molecule has 7 nitrogen and oxygen atoms in total. The number of aromatic amines is 1. The van der Waals surface area contributed by atoms with Crippen LogP contribution in [0.25, 0.3) is 5.65 Å². The van der Waals surface area contributed by atoms with Gasteiger partial charge in [-0.15, -0.1) is 0 Å². The average molecular weight is 365 g/mol. The number of H-pyrrole nitrogens is 1. The number of amides is 1. The van der Waals surface area contributed by atoms with Crippen molar-refractivity contribution < 1.29 is 4.79 Å². The Bertz CT molecular complexity index is 1070. The number of nitrogens with one attached hydrogen (secondary N) is 1. The number of carbonyl (C=O) groups is 1. The number of rotatable bonds is 2. The van der Waals surface area contributed by atoms with E-state index in [1.165, 1.54) is 22.0 Å². The van der Waals surface area contributed by atoms with Crippen LogP contribution >= 0.6 is 0 Å². The zero-order valence-electron chi connectivity index (χ0n) is 15.8. The van der Waals surface area contributed by atoms with Gasteiger partial charge in [0.25, 0.3) is 11.5 Å². The first-order valence-electron chi connectivity index (χ1n) is 9.14. The van der Waals surface area contributed by atoms with Gasteiger partial charge in [0.05, 0.1) is 0 Å². The van der Waals surface area contributed by atoms with Gasteiger partial charge in [0.15, 0.2) is 5.65 Å². The lowest BCUT2D eigenvalue weighted by Gasteiger charge is -2.41. The third-order valence-electron chi connectivity index (χ3n) is 5.20. The van der Waals surface area contributed by atoms with Gasteiger partial charge < -0.3 is 9.80 Å². The van der Waals surface area contributed by atoms with Gasteiger partial charge in [0.2, 0.25) is 0 Å². The van der Waals surface area contributed by atoms with Gasteiger partial charge >= 0.3 is 0 Å². The van der Waals surface area contributed by atoms with E-state index in [0.29, 0.717) is 12.2 Å². The summed E-state index contributed by atoms with van der Waals surface area (Å²) in [5.41, 5.74) is 3.51. The van der Waals surface area contributed by atoms with Gasteiger partial charge in [-0.25, -0.2) is 9.50 Å². The highest BCUT2D eigenvalue weighted by molar-refractivity contribution is 5.94. The van der Waals surface area contributed by atoms with Gasteiger partial charge in [-0.2, -0.15) is 0 Å². The lowest BCUT2D eigenvalue weighted by atomic mass is 10.1. The molecule has 1 amide bonds. The van der Waals surface area contributed by atoms with Crippen LogP contribution in [0.2, 0.25) is 0 Å². The third kappa shape index (κ3) is 2.99. The molecule has 1 aromatic carbocycles. The molecule has 1 N–H and O–H groups in total. The Hall–Kier alpha value is -3.09. The molecule has 4 rings (SSSR count). The van der Waals surface area contributed by atoms with Crippen LogP contribution in [0.5, 0.6) is 0 Å². The number of carbonyl (C=O) groups excluding carboxylic acids is 1. The van der Waals surface area contributed by atoms with Crippen LogP contribution in [0.4, 0.5) is 5.69 Å². The molecule has 3 heterocycles. The first kappa shape index (κ1) is 17.3. The van der Waals surface area contributed by atoms with Gasteiger partial charge in [-0.3, -0.25) is 14.7 Å². The number of hydrogen-bond donors (Lipinski definition) is 1. The molecular weight excluding hydrogens is 342 g/mol. The summed E-state index contributed by atoms with van der Waals surface area (Å²) >= 11 is 0. The zero-order valence-corrected chi connectivity index (χ0v) is 15.8. The number of para-hydroxylation sites is 1. The summed E-state index contributed by atoms with van der Waals surface area (Å²) in [6, 6.07) is 10.0. The molecule has 27 heavy (non-hydrogen) atoms. The van der Waals surface area contributed by atoms with E-state index in [-0.39, 0.29) is 23.1 Å². The minimum absolute atomic E-state index is 0.00340. The summed E-state index contributed by atoms with van der Waals surface area (Å²) in [5, 5.41) is 2.93. The Morgan fingerprint density at radius 2 is 2.00 bits per heavy atom. The normalized spacial score (nSPS) is 17.5. The van der Waals surface area contributed by atoms with Crippen molar-refractivity contribution in [2.45, 2.75) is 26.8 Å². The van der Waals surface area contributed by atoms with Crippen LogP contribution in [-0.4, -0.2) is 51.1 Å². The highest BCUT2D eigenvalue weighted by atomic mass is 16.2. The summed E-state index contributed by atoms with van der Waals surface area (Å²) in [4.78, 5) is 34.1. The summed E-state index contributed by atoms with van der Waals surface area (Å²) in [7, 11) is 0. The molecule has 7 heteroatoms. The van der Waals surface area contributed by atoms with Crippen molar-refractivity contribution in [1.82, 2.24) is 19.5 Å². The largest absolute Gasteiger partial charge is 0.367 e. The highest BCUT2D eigenvalue weighted by Gasteiger charge is 2.30. The first-order valence-corrected chi connectivity index (χ1v) is 9.14. The molecule has 1 saturated heterocycles. The van der Waals surface area contributed by atoms with E-state index in [9.17, 15) is 9.59 Å². The van der Waals surface area contributed by atoms with Crippen molar-refractivity contribution in [2.75, 3.05) is 24.5 Å². The lowest BCUT2D eigenvalue weighted by Crippen LogP contribution is -2.55. The fourth-order valence-electron chi connectivity index (χ4n) is 3.78. The minimum atomic E-state index is -0.355. The van der Waals surface area contributed by atoms with Crippen LogP contribution < -0.4 is 10.5 Å². The molecule has 1 aliphatic rings. The van der Waals surface area contributed by atoms with Crippen LogP contribution in [0.3, 0.4) is 0 Å². The van der Waals surface area contributed by atoms with E-state index in [0.717, 1.165) is 18.8 Å². The molecule has 0 saturated carbocycles. The first-order chi connectivity index (χ1) is 13.0. The maximum atomic E-state index is 13.0. The Labute approximate surface area is 157 Å². The Morgan fingerprint density at radius 1 is 1.22 bits per heavy atom. The van der Waals surface area contributed by atoms with E-state index >= 15 is 0 Å². The summed E-state index contributed by atoms with van der Waals surface area (Å²) in [6.07, 6.45) is 1.40. The predicted octanol–water partition coefficient (Wildman–Crippen LogP) is 1.99. The Kier molecular flexibility index (Phi) is 4.22. The van der Waals surface area contributed by atoms with Gasteiger partial charge in [0.1, 0.15) is 5.56 Å². The summed E-state index contributed by atoms with van der Waals surface area (Å²) in [6.45, 7) is 8.00. The van der Waals surface area contributed by atoms with Crippen molar-refractivity contribution in [3.8, 4) is 0 Å². The standard InChI is InChI=1S/C20H23N5O2/c1-13-6-4-5-7-17(13)23-8-9-24(15(3)12-23)19(26)16-11-21-18-10-14(2)22-25(18)20(16)27/h4-7,10-11,15,22H,8-9,12H2,1-3H3. The van der Waals surface area contributed by atoms with E-state index < -0.39 is 0 Å². The third-order valence-corrected chi connectivity index (χ3v) is 5.20. The van der Waals surface area contributed by atoms with Crippen LogP contribution in [0.1, 0.15) is 28.5 Å². The van der Waals surface area contributed by atoms with Crippen molar-refractivity contribution in [1.29, 1.82) is 0 Å². The average Bonchev–Trinajstić information content (AvgIpc) is 3.03. The molecular formula is C20H23N5O2. The van der Waals surface area contributed by atoms with Crippen molar-refractivity contribution in [3.63, 3.8) is 0 Å². The van der Waals surface area contributed by atoms with Crippen molar-refractivity contribution >= 4 is 17.2 Å². The number of piperazine rings is 1. The molecule has 0 radical (unpaired) electrons. The van der Waals surface area contributed by atoms with Crippen molar-refractivity contribution in [2.24, 2.45) is 0 Å². The van der Waals surface area contributed by atoms with Crippen LogP contribution in [0, 0.1) is 13.8 Å². The van der Waals surface area contributed by atoms with Gasteiger partial charge in [-0.05, 0) is 32.4 Å². The zero-order chi connectivity index (χ0) is 19.1. The van der Waals surface area contributed by atoms with Gasteiger partial charge in [0, 0.05) is 49.3 Å².